The van der Waals surface area contributed by atoms with E-state index in [1.165, 1.54) is 12.3 Å². The number of nitrogens with zero attached hydrogens (tertiary/aromatic N) is 4. The zero-order valence-electron chi connectivity index (χ0n) is 19.4. The van der Waals surface area contributed by atoms with Gasteiger partial charge in [-0.05, 0) is 47.4 Å². The summed E-state index contributed by atoms with van der Waals surface area (Å²) in [6.07, 6.45) is 1.50. The zero-order valence-corrected chi connectivity index (χ0v) is 21.5. The van der Waals surface area contributed by atoms with Gasteiger partial charge in [0.1, 0.15) is 6.04 Å². The van der Waals surface area contributed by atoms with Crippen LogP contribution in [0.25, 0.3) is 22.0 Å². The molecule has 0 saturated carbocycles. The van der Waals surface area contributed by atoms with E-state index in [2.05, 4.69) is 10.3 Å². The summed E-state index contributed by atoms with van der Waals surface area (Å²) in [5.41, 5.74) is 4.19. The molecule has 0 bridgehead atoms. The van der Waals surface area contributed by atoms with Crippen LogP contribution in [0, 0.1) is 11.3 Å². The van der Waals surface area contributed by atoms with E-state index < -0.39 is 43.3 Å². The molecule has 5 rings (SSSR count). The van der Waals surface area contributed by atoms with E-state index in [1.807, 2.05) is 47.1 Å². The molecule has 188 valence electrons. The lowest BCUT2D eigenvalue weighted by Gasteiger charge is -2.23. The molecule has 3 aromatic rings. The maximum Gasteiger partial charge on any atom is 0.268 e. The van der Waals surface area contributed by atoms with Crippen LogP contribution in [0.2, 0.25) is 0 Å². The van der Waals surface area contributed by atoms with Crippen molar-refractivity contribution in [3.05, 3.63) is 65.4 Å². The van der Waals surface area contributed by atoms with Gasteiger partial charge in [-0.3, -0.25) is 22.5 Å². The highest BCUT2D eigenvalue weighted by Gasteiger charge is 2.47. The Bertz CT molecular complexity index is 1490. The normalized spacial score (nSPS) is 18.4. The number of hydrogen-bond acceptors (Lipinski definition) is 5. The summed E-state index contributed by atoms with van der Waals surface area (Å²) < 4.78 is 29.0. The van der Waals surface area contributed by atoms with Gasteiger partial charge in [0.15, 0.2) is 0 Å². The van der Waals surface area contributed by atoms with Crippen LogP contribution in [0.5, 0.6) is 0 Å². The molecule has 1 atom stereocenters. The third kappa shape index (κ3) is 4.85. The van der Waals surface area contributed by atoms with Gasteiger partial charge in [0.05, 0.1) is 53.1 Å². The predicted octanol–water partition coefficient (Wildman–Crippen LogP) is 3.74. The third-order valence-corrected chi connectivity index (χ3v) is 7.51. The fraction of sp³-hybridized carbons (Fsp3) is 0.269. The number of carbonyl (C=O) groups is 3. The molecule has 2 aliphatic rings. The van der Waals surface area contributed by atoms with Crippen LogP contribution in [0.4, 0.5) is 8.78 Å². The Labute approximate surface area is 224 Å². The van der Waals surface area contributed by atoms with Gasteiger partial charge in [0, 0.05) is 30.1 Å². The number of benzene rings is 2. The minimum absolute atomic E-state index is 0.0247. The lowest BCUT2D eigenvalue weighted by molar-refractivity contribution is -0.131. The largest absolute Gasteiger partial charge is 0.343 e. The number of nitrogens with one attached hydrogen (secondary N) is 1. The van der Waals surface area contributed by atoms with E-state index >= 15 is 0 Å². The van der Waals surface area contributed by atoms with Gasteiger partial charge in [-0.1, -0.05) is 18.2 Å². The van der Waals surface area contributed by atoms with Crippen LogP contribution in [0.15, 0.2) is 48.7 Å². The first-order chi connectivity index (χ1) is 17.7. The second-order valence-electron chi connectivity index (χ2n) is 9.01. The summed E-state index contributed by atoms with van der Waals surface area (Å²) in [5, 5.41) is 12.2. The van der Waals surface area contributed by atoms with Crippen molar-refractivity contribution in [1.82, 2.24) is 18.3 Å². The van der Waals surface area contributed by atoms with Crippen LogP contribution in [0.1, 0.15) is 32.7 Å². The van der Waals surface area contributed by atoms with E-state index in [0.29, 0.717) is 23.0 Å². The van der Waals surface area contributed by atoms with Crippen molar-refractivity contribution in [3.63, 3.8) is 0 Å². The van der Waals surface area contributed by atoms with E-state index in [0.717, 1.165) is 28.0 Å². The first kappa shape index (κ1) is 25.0. The van der Waals surface area contributed by atoms with Crippen molar-refractivity contribution in [2.75, 3.05) is 19.6 Å². The number of likely N-dealkylation sites (tertiary alicyclic amines) is 1. The van der Waals surface area contributed by atoms with Crippen molar-refractivity contribution in [3.8, 4) is 17.2 Å². The smallest absolute Gasteiger partial charge is 0.268 e. The lowest BCUT2D eigenvalue weighted by Crippen LogP contribution is -2.43. The summed E-state index contributed by atoms with van der Waals surface area (Å²) in [6, 6.07) is 13.2. The highest BCUT2D eigenvalue weighted by Crippen LogP contribution is 2.32. The number of rotatable bonds is 4. The molecule has 0 spiro atoms. The number of aromatic nitrogens is 1. The van der Waals surface area contributed by atoms with Gasteiger partial charge < -0.3 is 10.2 Å². The summed E-state index contributed by atoms with van der Waals surface area (Å²) >= 11 is 2.01. The molecule has 2 aliphatic heterocycles. The predicted molar refractivity (Wildman–Crippen MR) is 139 cm³/mol. The zero-order chi connectivity index (χ0) is 26.3. The van der Waals surface area contributed by atoms with Crippen LogP contribution >= 0.6 is 22.9 Å². The monoisotopic (exact) mass is 615 g/mol. The first-order valence-electron chi connectivity index (χ1n) is 11.5. The number of fused-ring (bicyclic) bond motifs is 2. The van der Waals surface area contributed by atoms with Gasteiger partial charge >= 0.3 is 0 Å². The maximum absolute atomic E-state index is 13.7. The Kier molecular flexibility index (Phi) is 6.53. The Morgan fingerprint density at radius 3 is 2.73 bits per heavy atom. The average molecular weight is 615 g/mol. The second kappa shape index (κ2) is 9.66. The van der Waals surface area contributed by atoms with E-state index in [4.69, 9.17) is 5.26 Å². The number of pyridine rings is 1. The molecule has 3 amide bonds. The van der Waals surface area contributed by atoms with Gasteiger partial charge in [-0.2, -0.15) is 5.26 Å². The highest BCUT2D eigenvalue weighted by atomic mass is 127. The lowest BCUT2D eigenvalue weighted by atomic mass is 9.94. The van der Waals surface area contributed by atoms with Crippen molar-refractivity contribution >= 4 is 51.5 Å². The molecule has 1 fully saturated rings. The minimum Gasteiger partial charge on any atom is -0.343 e. The van der Waals surface area contributed by atoms with Crippen molar-refractivity contribution in [1.29, 1.82) is 5.26 Å². The fourth-order valence-electron chi connectivity index (χ4n) is 4.71. The van der Waals surface area contributed by atoms with Gasteiger partial charge in [-0.15, -0.1) is 0 Å². The van der Waals surface area contributed by atoms with Crippen LogP contribution < -0.4 is 5.32 Å². The maximum atomic E-state index is 13.7. The first-order valence-corrected chi connectivity index (χ1v) is 12.5. The number of amides is 3. The minimum atomic E-state index is -3.13. The topological polar surface area (TPSA) is 106 Å². The Hall–Kier alpha value is -3.66. The molecule has 2 aromatic carbocycles. The molecule has 1 aromatic heterocycles. The van der Waals surface area contributed by atoms with Crippen molar-refractivity contribution in [2.24, 2.45) is 0 Å². The van der Waals surface area contributed by atoms with Gasteiger partial charge in [-0.25, -0.2) is 8.78 Å². The summed E-state index contributed by atoms with van der Waals surface area (Å²) in [6.45, 7) is -0.724. The summed E-state index contributed by atoms with van der Waals surface area (Å²) in [7, 11) is 0. The van der Waals surface area contributed by atoms with Crippen LogP contribution in [-0.2, 0) is 11.2 Å². The van der Waals surface area contributed by atoms with Gasteiger partial charge in [0.25, 0.3) is 17.7 Å². The number of halogens is 3. The number of alkyl halides is 2. The molecule has 0 radical (unpaired) electrons. The number of carbonyl (C=O) groups excluding carboxylic acids is 3. The van der Waals surface area contributed by atoms with Crippen molar-refractivity contribution < 1.29 is 23.2 Å². The molecule has 1 unspecified atom stereocenters. The number of hydrogen-bond donors (Lipinski definition) is 1. The second-order valence-corrected chi connectivity index (χ2v) is 10.2. The summed E-state index contributed by atoms with van der Waals surface area (Å²) in [5.74, 6) is -4.46. The molecular weight excluding hydrogens is 595 g/mol. The molecule has 8 nitrogen and oxygen atoms in total. The fourth-order valence-corrected chi connectivity index (χ4v) is 5.21. The molecule has 3 heterocycles. The average Bonchev–Trinajstić information content (AvgIpc) is 3.23. The van der Waals surface area contributed by atoms with E-state index in [9.17, 15) is 23.2 Å². The molecule has 1 saturated heterocycles. The quantitative estimate of drug-likeness (QED) is 0.356. The molecular formula is C26H20F2IN5O3. The van der Waals surface area contributed by atoms with Gasteiger partial charge in [0.2, 0.25) is 5.91 Å². The third-order valence-electron chi connectivity index (χ3n) is 6.59. The standard InChI is InChI=1S/C26H20F2IN5O3/c27-26(28)11-18(12-30)33(14-26)23(35)13-32-24(36)20-5-7-31-22-4-2-16(10-21(20)22)15-1-3-19-17(9-15)6-8-34(29)25(19)37/h1-5,7,9-10,18H,6,8,11,13-14H2,(H,32,36). The van der Waals surface area contributed by atoms with Crippen LogP contribution in [-0.4, -0.2) is 62.3 Å². The van der Waals surface area contributed by atoms with Crippen molar-refractivity contribution in [2.45, 2.75) is 24.8 Å². The van der Waals surface area contributed by atoms with Crippen LogP contribution in [0.3, 0.4) is 0 Å². The van der Waals surface area contributed by atoms with E-state index in [1.54, 1.807) is 21.3 Å². The Balaban J connectivity index is 1.38. The SMILES string of the molecule is N#CC1CC(F)(F)CN1C(=O)CNC(=O)c1ccnc2ccc(-c3ccc4c(c3)CCN(I)C4=O)cc12. The molecule has 0 aliphatic carbocycles. The number of nitriles is 1. The molecule has 37 heavy (non-hydrogen) atoms. The summed E-state index contributed by atoms with van der Waals surface area (Å²) in [4.78, 5) is 43.0. The Morgan fingerprint density at radius 2 is 1.95 bits per heavy atom. The van der Waals surface area contributed by atoms with E-state index in [-0.39, 0.29) is 11.5 Å². The molecule has 1 N–H and O–H groups in total. The Morgan fingerprint density at radius 1 is 1.19 bits per heavy atom. The highest BCUT2D eigenvalue weighted by molar-refractivity contribution is 14.1. The molecule has 11 heteroatoms.